The lowest BCUT2D eigenvalue weighted by atomic mass is 9.79. The maximum absolute atomic E-state index is 3.01. The van der Waals surface area contributed by atoms with Gasteiger partial charge in [-0.3, -0.25) is 0 Å². The molecule has 0 heterocycles. The molecule has 7 aromatic carbocycles. The van der Waals surface area contributed by atoms with Crippen LogP contribution in [0.3, 0.4) is 0 Å². The Morgan fingerprint density at radius 2 is 1.03 bits per heavy atom. The zero-order chi connectivity index (χ0) is 24.1. The van der Waals surface area contributed by atoms with Crippen LogP contribution >= 0.6 is 9.24 Å². The van der Waals surface area contributed by atoms with E-state index in [1.54, 1.807) is 0 Å². The predicted octanol–water partition coefficient (Wildman–Crippen LogP) is 9.96. The van der Waals surface area contributed by atoms with E-state index in [1.165, 1.54) is 71.3 Å². The van der Waals surface area contributed by atoms with E-state index in [0.29, 0.717) is 0 Å². The first-order valence-electron chi connectivity index (χ1n) is 12.5. The molecule has 0 saturated carbocycles. The Balaban J connectivity index is 1.82. The minimum Gasteiger partial charge on any atom is -0.133 e. The maximum atomic E-state index is 3.01. The predicted molar refractivity (Wildman–Crippen MR) is 160 cm³/mol. The zero-order valence-corrected chi connectivity index (χ0v) is 21.1. The summed E-state index contributed by atoms with van der Waals surface area (Å²) >= 11 is 0. The molecule has 7 rings (SSSR count). The van der Waals surface area contributed by atoms with Crippen LogP contribution < -0.4 is 0 Å². The zero-order valence-electron chi connectivity index (χ0n) is 19.9. The third kappa shape index (κ3) is 3.19. The fourth-order valence-electron chi connectivity index (χ4n) is 5.95. The average Bonchev–Trinajstić information content (AvgIpc) is 2.96. The first-order valence-corrected chi connectivity index (χ1v) is 13.3. The average molecular weight is 477 g/mol. The molecule has 0 fully saturated rings. The Kier molecular flexibility index (Phi) is 5.09. The summed E-state index contributed by atoms with van der Waals surface area (Å²) in [6.45, 7) is 0. The van der Waals surface area contributed by atoms with Crippen molar-refractivity contribution >= 4 is 41.6 Å². The van der Waals surface area contributed by atoms with Crippen LogP contribution in [-0.4, -0.2) is 0 Å². The van der Waals surface area contributed by atoms with Gasteiger partial charge >= 0.3 is 0 Å². The number of hydrogen-bond acceptors (Lipinski definition) is 0. The third-order valence-electron chi connectivity index (χ3n) is 7.44. The fourth-order valence-corrected chi connectivity index (χ4v) is 6.37. The lowest BCUT2D eigenvalue weighted by molar-refractivity contribution is 1.46. The van der Waals surface area contributed by atoms with Crippen molar-refractivity contribution in [2.45, 2.75) is 6.16 Å². The Bertz CT molecular complexity index is 1840. The highest BCUT2D eigenvalue weighted by molar-refractivity contribution is 7.15. The Hall–Kier alpha value is -3.99. The molecule has 1 unspecified atom stereocenters. The molecular formula is C35H25P. The highest BCUT2D eigenvalue weighted by atomic mass is 31.0. The molecule has 0 nitrogen and oxygen atoms in total. The van der Waals surface area contributed by atoms with Crippen molar-refractivity contribution in [2.24, 2.45) is 0 Å². The molecule has 0 N–H and O–H groups in total. The summed E-state index contributed by atoms with van der Waals surface area (Å²) in [5.74, 6) is 0. The molecular weight excluding hydrogens is 451 g/mol. The van der Waals surface area contributed by atoms with Crippen LogP contribution in [-0.2, 0) is 6.16 Å². The molecule has 170 valence electrons. The van der Waals surface area contributed by atoms with Crippen LogP contribution in [0.2, 0.25) is 0 Å². The summed E-state index contributed by atoms with van der Waals surface area (Å²) in [4.78, 5) is 0. The van der Waals surface area contributed by atoms with E-state index in [2.05, 4.69) is 137 Å². The second-order valence-electron chi connectivity index (χ2n) is 9.40. The molecule has 0 aliphatic heterocycles. The summed E-state index contributed by atoms with van der Waals surface area (Å²) in [5, 5.41) is 8.02. The summed E-state index contributed by atoms with van der Waals surface area (Å²) in [6, 6.07) is 46.5. The van der Waals surface area contributed by atoms with E-state index >= 15 is 0 Å². The Morgan fingerprint density at radius 3 is 1.67 bits per heavy atom. The second-order valence-corrected chi connectivity index (χ2v) is 9.81. The van der Waals surface area contributed by atoms with Gasteiger partial charge < -0.3 is 0 Å². The van der Waals surface area contributed by atoms with Gasteiger partial charge in [0.2, 0.25) is 0 Å². The molecule has 36 heavy (non-hydrogen) atoms. The van der Waals surface area contributed by atoms with Crippen LogP contribution in [0.1, 0.15) is 5.56 Å². The first-order chi connectivity index (χ1) is 17.8. The molecule has 0 amide bonds. The van der Waals surface area contributed by atoms with Crippen molar-refractivity contribution in [2.75, 3.05) is 0 Å². The SMILES string of the molecule is PCc1c(-c2ccccc2)c(-c2ccccc2)c2c(-c3ccccc3)cc3cccc4ccc1c2c43. The molecule has 1 atom stereocenters. The van der Waals surface area contributed by atoms with Crippen molar-refractivity contribution in [3.05, 3.63) is 133 Å². The largest absolute Gasteiger partial charge is 0.133 e. The van der Waals surface area contributed by atoms with Crippen molar-refractivity contribution in [1.29, 1.82) is 0 Å². The molecule has 0 aliphatic carbocycles. The van der Waals surface area contributed by atoms with E-state index < -0.39 is 0 Å². The highest BCUT2D eigenvalue weighted by Crippen LogP contribution is 2.50. The standard InChI is InChI=1S/C35H25P/c36-22-30-28-20-19-26-17-10-18-27-21-29(23-11-4-1-5-12-23)35(34(28)31(26)27)33(25-15-8-3-9-16-25)32(30)24-13-6-2-7-14-24/h1-21H,22,36H2. The molecule has 0 aromatic heterocycles. The summed E-state index contributed by atoms with van der Waals surface area (Å²) in [7, 11) is 3.01. The smallest absolute Gasteiger partial charge is 0.000765 e. The molecule has 0 saturated heterocycles. The summed E-state index contributed by atoms with van der Waals surface area (Å²) in [6.07, 6.45) is 0.888. The second kappa shape index (κ2) is 8.59. The molecule has 0 radical (unpaired) electrons. The van der Waals surface area contributed by atoms with E-state index in [1.807, 2.05) is 0 Å². The normalized spacial score (nSPS) is 11.6. The highest BCUT2D eigenvalue weighted by Gasteiger charge is 2.24. The van der Waals surface area contributed by atoms with Crippen LogP contribution in [0.25, 0.3) is 65.7 Å². The van der Waals surface area contributed by atoms with Crippen molar-refractivity contribution in [3.63, 3.8) is 0 Å². The van der Waals surface area contributed by atoms with Gasteiger partial charge in [0.05, 0.1) is 0 Å². The van der Waals surface area contributed by atoms with E-state index in [9.17, 15) is 0 Å². The lowest BCUT2D eigenvalue weighted by Gasteiger charge is -2.25. The van der Waals surface area contributed by atoms with Crippen LogP contribution in [0.4, 0.5) is 0 Å². The van der Waals surface area contributed by atoms with Gasteiger partial charge in [-0.25, -0.2) is 0 Å². The van der Waals surface area contributed by atoms with Crippen LogP contribution in [0, 0.1) is 0 Å². The lowest BCUT2D eigenvalue weighted by Crippen LogP contribution is -1.99. The van der Waals surface area contributed by atoms with Crippen LogP contribution in [0.5, 0.6) is 0 Å². The van der Waals surface area contributed by atoms with E-state index in [0.717, 1.165) is 6.16 Å². The maximum Gasteiger partial charge on any atom is -0.000765 e. The Morgan fingerprint density at radius 1 is 0.444 bits per heavy atom. The Labute approximate surface area is 213 Å². The van der Waals surface area contributed by atoms with Gasteiger partial charge in [0.1, 0.15) is 0 Å². The van der Waals surface area contributed by atoms with Gasteiger partial charge in [0.25, 0.3) is 0 Å². The van der Waals surface area contributed by atoms with Crippen molar-refractivity contribution in [3.8, 4) is 33.4 Å². The monoisotopic (exact) mass is 476 g/mol. The van der Waals surface area contributed by atoms with Gasteiger partial charge in [-0.05, 0) is 83.5 Å². The van der Waals surface area contributed by atoms with Gasteiger partial charge in [0.15, 0.2) is 0 Å². The third-order valence-corrected chi connectivity index (χ3v) is 7.85. The van der Waals surface area contributed by atoms with Gasteiger partial charge in [-0.15, -0.1) is 9.24 Å². The fraction of sp³-hybridized carbons (Fsp3) is 0.0286. The van der Waals surface area contributed by atoms with Crippen molar-refractivity contribution < 1.29 is 0 Å². The van der Waals surface area contributed by atoms with Crippen LogP contribution in [0.15, 0.2) is 127 Å². The van der Waals surface area contributed by atoms with E-state index in [4.69, 9.17) is 0 Å². The minimum absolute atomic E-state index is 0.888. The number of rotatable bonds is 4. The molecule has 0 bridgehead atoms. The topological polar surface area (TPSA) is 0 Å². The number of benzene rings is 7. The van der Waals surface area contributed by atoms with E-state index in [-0.39, 0.29) is 0 Å². The van der Waals surface area contributed by atoms with Gasteiger partial charge in [-0.1, -0.05) is 121 Å². The minimum atomic E-state index is 0.888. The summed E-state index contributed by atoms with van der Waals surface area (Å²) < 4.78 is 0. The molecule has 7 aromatic rings. The van der Waals surface area contributed by atoms with Gasteiger partial charge in [-0.2, -0.15) is 0 Å². The quantitative estimate of drug-likeness (QED) is 0.175. The van der Waals surface area contributed by atoms with Crippen molar-refractivity contribution in [1.82, 2.24) is 0 Å². The summed E-state index contributed by atoms with van der Waals surface area (Å²) in [5.41, 5.74) is 9.10. The number of hydrogen-bond donors (Lipinski definition) is 0. The van der Waals surface area contributed by atoms with Gasteiger partial charge in [0, 0.05) is 0 Å². The molecule has 0 aliphatic rings. The molecule has 0 spiro atoms. The first kappa shape index (κ1) is 21.3. The molecule has 1 heteroatoms.